The third-order valence-electron chi connectivity index (χ3n) is 6.45. The molecule has 1 saturated heterocycles. The lowest BCUT2D eigenvalue weighted by molar-refractivity contribution is -0.141. The number of ether oxygens (including phenoxy) is 2. The van der Waals surface area contributed by atoms with E-state index >= 15 is 0 Å². The highest BCUT2D eigenvalue weighted by atomic mass is 19.4. The smallest absolute Gasteiger partial charge is 0.433 e. The number of hydrogen-bond acceptors (Lipinski definition) is 9. The lowest BCUT2D eigenvalue weighted by atomic mass is 10.0. The SMILES string of the molecule is O=C1C2COCCN2c2nc(NCc3ccc(Oc4ccc(C(F)(F)F)nc4)nc3)nc3c2N1CCC3. The van der Waals surface area contributed by atoms with Gasteiger partial charge in [0.25, 0.3) is 5.91 Å². The van der Waals surface area contributed by atoms with Gasteiger partial charge in [0.05, 0.1) is 25.1 Å². The van der Waals surface area contributed by atoms with Gasteiger partial charge in [-0.15, -0.1) is 0 Å². The zero-order valence-corrected chi connectivity index (χ0v) is 19.5. The fraction of sp³-hybridized carbons (Fsp3) is 0.375. The van der Waals surface area contributed by atoms with Crippen molar-refractivity contribution in [2.45, 2.75) is 31.6 Å². The average Bonchev–Trinajstić information content (AvgIpc) is 2.91. The molecule has 37 heavy (non-hydrogen) atoms. The molecular weight excluding hydrogens is 491 g/mol. The zero-order valence-electron chi connectivity index (χ0n) is 19.5. The minimum atomic E-state index is -4.51. The van der Waals surface area contributed by atoms with Crippen LogP contribution in [0, 0.1) is 0 Å². The van der Waals surface area contributed by atoms with E-state index in [2.05, 4.69) is 20.3 Å². The molecule has 0 aliphatic carbocycles. The summed E-state index contributed by atoms with van der Waals surface area (Å²) >= 11 is 0. The summed E-state index contributed by atoms with van der Waals surface area (Å²) < 4.78 is 49.1. The van der Waals surface area contributed by atoms with E-state index in [1.54, 1.807) is 23.2 Å². The third-order valence-corrected chi connectivity index (χ3v) is 6.45. The van der Waals surface area contributed by atoms with Gasteiger partial charge in [0.15, 0.2) is 5.82 Å². The molecule has 13 heteroatoms. The Hall–Kier alpha value is -4.00. The molecule has 1 atom stereocenters. The number of nitrogens with one attached hydrogen (secondary N) is 1. The summed E-state index contributed by atoms with van der Waals surface area (Å²) in [5.74, 6) is 1.64. The fourth-order valence-corrected chi connectivity index (χ4v) is 4.68. The van der Waals surface area contributed by atoms with Crippen molar-refractivity contribution in [3.63, 3.8) is 0 Å². The number of anilines is 3. The summed E-state index contributed by atoms with van der Waals surface area (Å²) in [5, 5.41) is 3.24. The summed E-state index contributed by atoms with van der Waals surface area (Å²) in [5.41, 5.74) is 1.50. The minimum absolute atomic E-state index is 0.0397. The van der Waals surface area contributed by atoms with Gasteiger partial charge < -0.3 is 24.6 Å². The van der Waals surface area contributed by atoms with E-state index in [4.69, 9.17) is 14.5 Å². The van der Waals surface area contributed by atoms with Crippen LogP contribution in [0.2, 0.25) is 0 Å². The Morgan fingerprint density at radius 2 is 2.00 bits per heavy atom. The molecule has 0 aromatic carbocycles. The van der Waals surface area contributed by atoms with Crippen LogP contribution in [0.5, 0.6) is 11.6 Å². The molecule has 1 amide bonds. The maximum Gasteiger partial charge on any atom is 0.433 e. The van der Waals surface area contributed by atoms with E-state index in [1.165, 1.54) is 6.07 Å². The lowest BCUT2D eigenvalue weighted by Crippen LogP contribution is -2.60. The Balaban J connectivity index is 1.15. The van der Waals surface area contributed by atoms with E-state index in [1.807, 2.05) is 4.90 Å². The Kier molecular flexibility index (Phi) is 5.78. The first-order chi connectivity index (χ1) is 17.9. The molecule has 3 aromatic rings. The molecule has 0 bridgehead atoms. The van der Waals surface area contributed by atoms with Gasteiger partial charge in [-0.3, -0.25) is 4.79 Å². The lowest BCUT2D eigenvalue weighted by Gasteiger charge is -2.45. The first-order valence-corrected chi connectivity index (χ1v) is 11.8. The van der Waals surface area contributed by atoms with Crippen LogP contribution in [-0.2, 0) is 28.7 Å². The van der Waals surface area contributed by atoms with Crippen molar-refractivity contribution >= 4 is 23.4 Å². The fourth-order valence-electron chi connectivity index (χ4n) is 4.68. The number of carbonyl (C=O) groups excluding carboxylic acids is 1. The predicted molar refractivity (Wildman–Crippen MR) is 126 cm³/mol. The first kappa shape index (κ1) is 23.4. The second-order valence-corrected chi connectivity index (χ2v) is 8.88. The number of aryl methyl sites for hydroxylation is 1. The summed E-state index contributed by atoms with van der Waals surface area (Å²) in [4.78, 5) is 33.9. The number of rotatable bonds is 5. The molecule has 6 rings (SSSR count). The summed E-state index contributed by atoms with van der Waals surface area (Å²) in [6, 6.07) is 5.09. The molecule has 1 unspecified atom stereocenters. The topological polar surface area (TPSA) is 106 Å². The summed E-state index contributed by atoms with van der Waals surface area (Å²) in [6.07, 6.45) is -0.299. The minimum Gasteiger partial charge on any atom is -0.437 e. The van der Waals surface area contributed by atoms with E-state index in [9.17, 15) is 18.0 Å². The number of amides is 1. The monoisotopic (exact) mass is 513 g/mol. The molecule has 6 heterocycles. The highest BCUT2D eigenvalue weighted by Gasteiger charge is 2.43. The molecule has 3 aliphatic rings. The molecule has 1 fully saturated rings. The highest BCUT2D eigenvalue weighted by molar-refractivity contribution is 6.06. The summed E-state index contributed by atoms with van der Waals surface area (Å²) in [7, 11) is 0. The molecule has 3 aromatic heterocycles. The van der Waals surface area contributed by atoms with Crippen molar-refractivity contribution in [2.24, 2.45) is 0 Å². The second kappa shape index (κ2) is 9.14. The third kappa shape index (κ3) is 4.50. The molecular formula is C24H22F3N7O3. The largest absolute Gasteiger partial charge is 0.437 e. The maximum atomic E-state index is 13.0. The van der Waals surface area contributed by atoms with Crippen molar-refractivity contribution in [1.29, 1.82) is 0 Å². The first-order valence-electron chi connectivity index (χ1n) is 11.8. The molecule has 0 spiro atoms. The van der Waals surface area contributed by atoms with Crippen LogP contribution in [0.1, 0.15) is 23.4 Å². The maximum absolute atomic E-state index is 13.0. The number of carbonyl (C=O) groups is 1. The Morgan fingerprint density at radius 1 is 1.11 bits per heavy atom. The Labute approximate surface area is 209 Å². The van der Waals surface area contributed by atoms with Gasteiger partial charge >= 0.3 is 6.18 Å². The summed E-state index contributed by atoms with van der Waals surface area (Å²) in [6.45, 7) is 2.52. The van der Waals surface area contributed by atoms with Crippen LogP contribution in [0.25, 0.3) is 0 Å². The van der Waals surface area contributed by atoms with Gasteiger partial charge in [-0.05, 0) is 30.5 Å². The van der Waals surface area contributed by atoms with Crippen LogP contribution in [0.15, 0.2) is 36.7 Å². The number of aromatic nitrogens is 4. The number of morpholine rings is 1. The Bertz CT molecular complexity index is 1320. The average molecular weight is 513 g/mol. The second-order valence-electron chi connectivity index (χ2n) is 8.88. The van der Waals surface area contributed by atoms with Crippen molar-refractivity contribution in [3.05, 3.63) is 53.6 Å². The van der Waals surface area contributed by atoms with Crippen LogP contribution >= 0.6 is 0 Å². The molecule has 192 valence electrons. The van der Waals surface area contributed by atoms with Crippen molar-refractivity contribution in [1.82, 2.24) is 19.9 Å². The van der Waals surface area contributed by atoms with Gasteiger partial charge in [0, 0.05) is 31.9 Å². The van der Waals surface area contributed by atoms with Crippen molar-refractivity contribution in [2.75, 3.05) is 41.4 Å². The van der Waals surface area contributed by atoms with E-state index in [0.29, 0.717) is 38.8 Å². The number of hydrogen-bond donors (Lipinski definition) is 1. The standard InChI is InChI=1S/C24H22F3N7O3/c25-24(26,27)18-5-4-15(12-28-18)37-19-6-3-14(10-29-19)11-30-23-31-16-2-1-7-34-20(16)21(32-23)33-8-9-36-13-17(33)22(34)35/h3-6,10,12,17H,1-2,7-9,11,13H2,(H,30,31,32). The van der Waals surface area contributed by atoms with Crippen molar-refractivity contribution < 1.29 is 27.4 Å². The quantitative estimate of drug-likeness (QED) is 0.551. The number of alkyl halides is 3. The van der Waals surface area contributed by atoms with Gasteiger partial charge in [0.2, 0.25) is 11.8 Å². The van der Waals surface area contributed by atoms with E-state index in [0.717, 1.165) is 47.9 Å². The molecule has 0 saturated carbocycles. The van der Waals surface area contributed by atoms with Gasteiger partial charge in [-0.2, -0.15) is 18.2 Å². The Morgan fingerprint density at radius 3 is 2.76 bits per heavy atom. The van der Waals surface area contributed by atoms with Crippen molar-refractivity contribution in [3.8, 4) is 11.6 Å². The van der Waals surface area contributed by atoms with Crippen LogP contribution in [0.4, 0.5) is 30.6 Å². The highest BCUT2D eigenvalue weighted by Crippen LogP contribution is 2.41. The molecule has 3 aliphatic heterocycles. The number of halogens is 3. The predicted octanol–water partition coefficient (Wildman–Crippen LogP) is 3.19. The van der Waals surface area contributed by atoms with Crippen LogP contribution in [0.3, 0.4) is 0 Å². The number of nitrogens with zero attached hydrogens (tertiary/aromatic N) is 6. The van der Waals surface area contributed by atoms with Crippen LogP contribution < -0.4 is 19.9 Å². The molecule has 1 N–H and O–H groups in total. The molecule has 0 radical (unpaired) electrons. The van der Waals surface area contributed by atoms with Gasteiger partial charge in [-0.25, -0.2) is 15.0 Å². The number of pyridine rings is 2. The molecule has 10 nitrogen and oxygen atoms in total. The van der Waals surface area contributed by atoms with E-state index < -0.39 is 11.9 Å². The van der Waals surface area contributed by atoms with E-state index in [-0.39, 0.29) is 23.6 Å². The van der Waals surface area contributed by atoms with Gasteiger partial charge in [0.1, 0.15) is 23.2 Å². The van der Waals surface area contributed by atoms with Crippen LogP contribution in [-0.4, -0.2) is 58.2 Å². The number of fused-ring (bicyclic) bond motifs is 2. The van der Waals surface area contributed by atoms with Gasteiger partial charge in [-0.1, -0.05) is 6.07 Å². The normalized spacial score (nSPS) is 18.8. The zero-order chi connectivity index (χ0) is 25.6.